The van der Waals surface area contributed by atoms with Crippen molar-refractivity contribution in [1.29, 1.82) is 10.5 Å². The van der Waals surface area contributed by atoms with Crippen molar-refractivity contribution in [3.63, 3.8) is 0 Å². The highest BCUT2D eigenvalue weighted by molar-refractivity contribution is 5.33. The van der Waals surface area contributed by atoms with Gasteiger partial charge in [0, 0.05) is 0 Å². The van der Waals surface area contributed by atoms with Crippen molar-refractivity contribution < 1.29 is 4.74 Å². The molecule has 0 rings (SSSR count). The molecule has 0 amide bonds. The van der Waals surface area contributed by atoms with Gasteiger partial charge in [-0.25, -0.2) is 0 Å². The molecule has 0 bridgehead atoms. The average Bonchev–Trinajstić information content (AvgIpc) is 2.10. The van der Waals surface area contributed by atoms with Gasteiger partial charge in [-0.15, -0.1) is 0 Å². The number of hydrogen-bond acceptors (Lipinski definition) is 3. The third-order valence-electron chi connectivity index (χ3n) is 0.609. The van der Waals surface area contributed by atoms with Gasteiger partial charge in [-0.2, -0.15) is 10.5 Å². The molecule has 3 nitrogen and oxygen atoms in total. The van der Waals surface area contributed by atoms with Crippen molar-refractivity contribution in [3.05, 3.63) is 11.8 Å². The fourth-order valence-corrected chi connectivity index (χ4v) is 0.244. The Morgan fingerprint density at radius 3 is 2.09 bits per heavy atom. The van der Waals surface area contributed by atoms with E-state index in [1.54, 1.807) is 19.1 Å². The Morgan fingerprint density at radius 1 is 1.36 bits per heavy atom. The first-order valence-corrected chi connectivity index (χ1v) is 3.47. The SMILES string of the molecule is CC.CCOC=C(C#N)C#N. The maximum absolute atomic E-state index is 8.13. The minimum atomic E-state index is -0.00292. The molecule has 11 heavy (non-hydrogen) atoms. The van der Waals surface area contributed by atoms with Crippen LogP contribution in [0, 0.1) is 22.7 Å². The largest absolute Gasteiger partial charge is 0.499 e. The molecule has 0 aromatic carbocycles. The van der Waals surface area contributed by atoms with Gasteiger partial charge in [0.25, 0.3) is 0 Å². The third kappa shape index (κ3) is 8.52. The second kappa shape index (κ2) is 11.3. The fourth-order valence-electron chi connectivity index (χ4n) is 0.244. The Hall–Kier alpha value is -1.48. The standard InChI is InChI=1S/C6H6N2O.C2H6/c1-2-9-5-6(3-7)4-8;1-2/h5H,2H2,1H3;1-2H3. The van der Waals surface area contributed by atoms with Crippen molar-refractivity contribution in [3.8, 4) is 12.1 Å². The summed E-state index contributed by atoms with van der Waals surface area (Å²) in [6, 6.07) is 3.32. The van der Waals surface area contributed by atoms with Crippen LogP contribution >= 0.6 is 0 Å². The molecule has 0 radical (unpaired) electrons. The summed E-state index contributed by atoms with van der Waals surface area (Å²) in [5.41, 5.74) is -0.00292. The van der Waals surface area contributed by atoms with Gasteiger partial charge in [0.15, 0.2) is 5.57 Å². The minimum absolute atomic E-state index is 0.00292. The number of nitrogens with zero attached hydrogens (tertiary/aromatic N) is 2. The molecular weight excluding hydrogens is 140 g/mol. The molecule has 0 N–H and O–H groups in total. The van der Waals surface area contributed by atoms with Crippen LogP contribution in [0.2, 0.25) is 0 Å². The summed E-state index contributed by atoms with van der Waals surface area (Å²) in [4.78, 5) is 0. The van der Waals surface area contributed by atoms with Crippen LogP contribution in [0.15, 0.2) is 11.8 Å². The van der Waals surface area contributed by atoms with Crippen LogP contribution in [0.4, 0.5) is 0 Å². The first-order valence-electron chi connectivity index (χ1n) is 3.47. The molecule has 0 aliphatic carbocycles. The number of rotatable bonds is 2. The molecule has 0 saturated heterocycles. The Morgan fingerprint density at radius 2 is 1.82 bits per heavy atom. The average molecular weight is 152 g/mol. The van der Waals surface area contributed by atoms with E-state index in [1.165, 1.54) is 0 Å². The molecule has 0 aliphatic heterocycles. The predicted molar refractivity (Wildman–Crippen MR) is 42.3 cm³/mol. The van der Waals surface area contributed by atoms with E-state index in [1.807, 2.05) is 13.8 Å². The monoisotopic (exact) mass is 152 g/mol. The van der Waals surface area contributed by atoms with Crippen molar-refractivity contribution in [2.75, 3.05) is 6.61 Å². The lowest BCUT2D eigenvalue weighted by atomic mass is 10.4. The van der Waals surface area contributed by atoms with Crippen LogP contribution in [-0.4, -0.2) is 6.61 Å². The van der Waals surface area contributed by atoms with Gasteiger partial charge in [0.1, 0.15) is 18.4 Å². The summed E-state index contributed by atoms with van der Waals surface area (Å²) in [5, 5.41) is 16.3. The van der Waals surface area contributed by atoms with E-state index < -0.39 is 0 Å². The smallest absolute Gasteiger partial charge is 0.163 e. The second-order valence-electron chi connectivity index (χ2n) is 1.21. The van der Waals surface area contributed by atoms with Crippen LogP contribution in [0.5, 0.6) is 0 Å². The number of nitriles is 2. The van der Waals surface area contributed by atoms with Crippen LogP contribution in [-0.2, 0) is 4.74 Å². The van der Waals surface area contributed by atoms with Gasteiger partial charge in [-0.3, -0.25) is 0 Å². The maximum Gasteiger partial charge on any atom is 0.163 e. The summed E-state index contributed by atoms with van der Waals surface area (Å²) in [5.74, 6) is 0. The Bertz CT molecular complexity index is 167. The normalized spacial score (nSPS) is 5.91. The van der Waals surface area contributed by atoms with E-state index in [0.29, 0.717) is 6.61 Å². The van der Waals surface area contributed by atoms with Crippen LogP contribution in [0.1, 0.15) is 20.8 Å². The van der Waals surface area contributed by atoms with Crippen molar-refractivity contribution in [2.45, 2.75) is 20.8 Å². The van der Waals surface area contributed by atoms with Gasteiger partial charge >= 0.3 is 0 Å². The zero-order chi connectivity index (χ0) is 9.11. The van der Waals surface area contributed by atoms with E-state index >= 15 is 0 Å². The Labute approximate surface area is 67.5 Å². The van der Waals surface area contributed by atoms with Gasteiger partial charge in [-0.05, 0) is 6.92 Å². The Kier molecular flexibility index (Phi) is 12.6. The molecule has 0 atom stereocenters. The lowest BCUT2D eigenvalue weighted by Gasteiger charge is -1.88. The van der Waals surface area contributed by atoms with Crippen LogP contribution in [0.3, 0.4) is 0 Å². The Balaban J connectivity index is 0. The van der Waals surface area contributed by atoms with Crippen LogP contribution in [0.25, 0.3) is 0 Å². The molecule has 0 aromatic heterocycles. The summed E-state index contributed by atoms with van der Waals surface area (Å²) in [7, 11) is 0. The zero-order valence-electron chi connectivity index (χ0n) is 7.09. The van der Waals surface area contributed by atoms with Gasteiger partial charge in [-0.1, -0.05) is 13.8 Å². The fraction of sp³-hybridized carbons (Fsp3) is 0.500. The maximum atomic E-state index is 8.13. The predicted octanol–water partition coefficient (Wildman–Crippen LogP) is 1.98. The number of hydrogen-bond donors (Lipinski definition) is 0. The first-order chi connectivity index (χ1) is 5.35. The summed E-state index contributed by atoms with van der Waals surface area (Å²) >= 11 is 0. The summed E-state index contributed by atoms with van der Waals surface area (Å²) in [6.07, 6.45) is 1.15. The van der Waals surface area contributed by atoms with Gasteiger partial charge < -0.3 is 4.74 Å². The lowest BCUT2D eigenvalue weighted by Crippen LogP contribution is -1.80. The van der Waals surface area contributed by atoms with E-state index in [2.05, 4.69) is 4.74 Å². The lowest BCUT2D eigenvalue weighted by molar-refractivity contribution is 0.268. The molecule has 0 spiro atoms. The van der Waals surface area contributed by atoms with Crippen LogP contribution < -0.4 is 0 Å². The minimum Gasteiger partial charge on any atom is -0.499 e. The highest BCUT2D eigenvalue weighted by atomic mass is 16.5. The van der Waals surface area contributed by atoms with E-state index in [9.17, 15) is 0 Å². The second-order valence-corrected chi connectivity index (χ2v) is 1.21. The number of allylic oxidation sites excluding steroid dienone is 1. The third-order valence-corrected chi connectivity index (χ3v) is 0.609. The zero-order valence-corrected chi connectivity index (χ0v) is 7.09. The summed E-state index contributed by atoms with van der Waals surface area (Å²) in [6.45, 7) is 6.26. The number of ether oxygens (including phenoxy) is 1. The van der Waals surface area contributed by atoms with E-state index in [0.717, 1.165) is 6.26 Å². The highest BCUT2D eigenvalue weighted by Gasteiger charge is 1.87. The molecule has 0 aliphatic rings. The molecule has 60 valence electrons. The van der Waals surface area contributed by atoms with Gasteiger partial charge in [0.05, 0.1) is 6.61 Å². The highest BCUT2D eigenvalue weighted by Crippen LogP contribution is 1.88. The molecule has 0 fully saturated rings. The van der Waals surface area contributed by atoms with E-state index in [4.69, 9.17) is 10.5 Å². The van der Waals surface area contributed by atoms with E-state index in [-0.39, 0.29) is 5.57 Å². The van der Waals surface area contributed by atoms with Crippen molar-refractivity contribution in [2.24, 2.45) is 0 Å². The van der Waals surface area contributed by atoms with Crippen molar-refractivity contribution >= 4 is 0 Å². The molecular formula is C8H12N2O. The first kappa shape index (κ1) is 12.2. The molecule has 0 heterocycles. The molecule has 0 unspecified atom stereocenters. The topological polar surface area (TPSA) is 56.8 Å². The molecule has 3 heteroatoms. The quantitative estimate of drug-likeness (QED) is 0.449. The van der Waals surface area contributed by atoms with Gasteiger partial charge in [0.2, 0.25) is 0 Å². The van der Waals surface area contributed by atoms with Crippen molar-refractivity contribution in [1.82, 2.24) is 0 Å². The molecule has 0 saturated carbocycles. The summed E-state index contributed by atoms with van der Waals surface area (Å²) < 4.78 is 4.67. The molecule has 0 aromatic rings.